The van der Waals surface area contributed by atoms with Crippen LogP contribution in [0.4, 0.5) is 0 Å². The number of aliphatic hydroxyl groups is 1. The van der Waals surface area contributed by atoms with E-state index < -0.39 is 0 Å². The van der Waals surface area contributed by atoms with Crippen molar-refractivity contribution in [1.82, 2.24) is 15.5 Å². The van der Waals surface area contributed by atoms with Gasteiger partial charge in [-0.05, 0) is 39.4 Å². The third-order valence-electron chi connectivity index (χ3n) is 5.01. The molecule has 0 spiro atoms. The van der Waals surface area contributed by atoms with Crippen molar-refractivity contribution in [3.63, 3.8) is 0 Å². The average molecular weight is 490 g/mol. The quantitative estimate of drug-likeness (QED) is 0.282. The predicted octanol–water partition coefficient (Wildman–Crippen LogP) is 2.25. The molecule has 0 radical (unpaired) electrons. The van der Waals surface area contributed by atoms with E-state index in [-0.39, 0.29) is 42.0 Å². The summed E-state index contributed by atoms with van der Waals surface area (Å²) in [7, 11) is 4.19. The molecule has 2 unspecified atom stereocenters. The van der Waals surface area contributed by atoms with Gasteiger partial charge in [0.25, 0.3) is 0 Å². The van der Waals surface area contributed by atoms with E-state index in [0.717, 1.165) is 38.5 Å². The highest BCUT2D eigenvalue weighted by atomic mass is 127. The van der Waals surface area contributed by atoms with E-state index in [1.165, 1.54) is 5.56 Å². The molecular weight excluding hydrogens is 455 g/mol. The van der Waals surface area contributed by atoms with Crippen molar-refractivity contribution >= 4 is 29.9 Å². The van der Waals surface area contributed by atoms with Gasteiger partial charge in [0.05, 0.1) is 19.2 Å². The molecule has 1 saturated heterocycles. The number of nitrogens with zero attached hydrogens (tertiary/aromatic N) is 2. The number of halogens is 1. The molecule has 0 amide bonds. The van der Waals surface area contributed by atoms with Crippen molar-refractivity contribution in [1.29, 1.82) is 0 Å². The van der Waals surface area contributed by atoms with E-state index in [1.807, 2.05) is 6.07 Å². The van der Waals surface area contributed by atoms with Crippen LogP contribution in [0, 0.1) is 5.41 Å². The van der Waals surface area contributed by atoms with Crippen molar-refractivity contribution in [2.75, 3.05) is 53.6 Å². The first-order chi connectivity index (χ1) is 12.6. The van der Waals surface area contributed by atoms with Gasteiger partial charge >= 0.3 is 0 Å². The molecule has 2 rings (SSSR count). The number of guanidine groups is 1. The SMILES string of the molecule is CCNC(=NCC1(CCO)CCOC1)NCC(c1ccccc1)N(C)C.I. The van der Waals surface area contributed by atoms with Crippen LogP contribution in [0.5, 0.6) is 0 Å². The maximum Gasteiger partial charge on any atom is 0.191 e. The van der Waals surface area contributed by atoms with Crippen molar-refractivity contribution in [3.05, 3.63) is 35.9 Å². The van der Waals surface area contributed by atoms with Gasteiger partial charge in [-0.15, -0.1) is 24.0 Å². The highest BCUT2D eigenvalue weighted by molar-refractivity contribution is 14.0. The lowest BCUT2D eigenvalue weighted by atomic mass is 9.84. The Balaban J connectivity index is 0.00000364. The monoisotopic (exact) mass is 490 g/mol. The third-order valence-corrected chi connectivity index (χ3v) is 5.01. The lowest BCUT2D eigenvalue weighted by molar-refractivity contribution is 0.131. The Morgan fingerprint density at radius 2 is 2.04 bits per heavy atom. The molecule has 7 heteroatoms. The highest BCUT2D eigenvalue weighted by Gasteiger charge is 2.34. The number of aliphatic hydroxyl groups excluding tert-OH is 1. The van der Waals surface area contributed by atoms with Crippen LogP contribution in [0.2, 0.25) is 0 Å². The van der Waals surface area contributed by atoms with E-state index in [9.17, 15) is 5.11 Å². The molecule has 0 aliphatic carbocycles. The molecule has 1 heterocycles. The second kappa shape index (κ2) is 12.5. The summed E-state index contributed by atoms with van der Waals surface area (Å²) in [5, 5.41) is 16.2. The van der Waals surface area contributed by atoms with Gasteiger partial charge in [0.15, 0.2) is 5.96 Å². The number of nitrogens with one attached hydrogen (secondary N) is 2. The van der Waals surface area contributed by atoms with Gasteiger partial charge in [-0.3, -0.25) is 4.99 Å². The standard InChI is InChI=1S/C20H34N4O2.HI/c1-4-21-19(23-15-20(10-12-25)11-13-26-16-20)22-14-18(24(2)3)17-8-6-5-7-9-17;/h5-9,18,25H,4,10-16H2,1-3H3,(H2,21,22,23);1H. The summed E-state index contributed by atoms with van der Waals surface area (Å²) in [5.74, 6) is 0.819. The fourth-order valence-corrected chi connectivity index (χ4v) is 3.34. The number of hydrogen-bond donors (Lipinski definition) is 3. The largest absolute Gasteiger partial charge is 0.396 e. The Hall–Kier alpha value is -0.900. The van der Waals surface area contributed by atoms with E-state index in [2.05, 4.69) is 60.8 Å². The van der Waals surface area contributed by atoms with Crippen LogP contribution < -0.4 is 10.6 Å². The highest BCUT2D eigenvalue weighted by Crippen LogP contribution is 2.32. The Bertz CT molecular complexity index is 548. The molecule has 6 nitrogen and oxygen atoms in total. The fourth-order valence-electron chi connectivity index (χ4n) is 3.34. The molecule has 1 aliphatic rings. The molecule has 0 saturated carbocycles. The number of likely N-dealkylation sites (N-methyl/N-ethyl adjacent to an activating group) is 1. The van der Waals surface area contributed by atoms with Crippen LogP contribution in [0.25, 0.3) is 0 Å². The zero-order valence-corrected chi connectivity index (χ0v) is 19.1. The van der Waals surface area contributed by atoms with Gasteiger partial charge in [0.2, 0.25) is 0 Å². The van der Waals surface area contributed by atoms with E-state index in [4.69, 9.17) is 9.73 Å². The first kappa shape index (κ1) is 24.1. The molecule has 0 aromatic heterocycles. The van der Waals surface area contributed by atoms with Crippen LogP contribution in [0.15, 0.2) is 35.3 Å². The summed E-state index contributed by atoms with van der Waals surface area (Å²) in [6.45, 7) is 5.94. The predicted molar refractivity (Wildman–Crippen MR) is 122 cm³/mol. The number of aliphatic imine (C=N–C) groups is 1. The molecular formula is C20H35IN4O2. The maximum absolute atomic E-state index is 9.38. The van der Waals surface area contributed by atoms with Gasteiger partial charge in [-0.2, -0.15) is 0 Å². The summed E-state index contributed by atoms with van der Waals surface area (Å²) in [5.41, 5.74) is 1.25. The normalized spacial score (nSPS) is 21.0. The summed E-state index contributed by atoms with van der Waals surface area (Å²) >= 11 is 0. The van der Waals surface area contributed by atoms with E-state index >= 15 is 0 Å². The minimum Gasteiger partial charge on any atom is -0.396 e. The second-order valence-electron chi connectivity index (χ2n) is 7.24. The first-order valence-corrected chi connectivity index (χ1v) is 9.52. The van der Waals surface area contributed by atoms with Gasteiger partial charge in [-0.1, -0.05) is 30.3 Å². The van der Waals surface area contributed by atoms with Crippen molar-refractivity contribution in [3.8, 4) is 0 Å². The van der Waals surface area contributed by atoms with Crippen LogP contribution >= 0.6 is 24.0 Å². The van der Waals surface area contributed by atoms with Gasteiger partial charge in [0.1, 0.15) is 0 Å². The summed E-state index contributed by atoms with van der Waals surface area (Å²) in [6, 6.07) is 10.8. The second-order valence-corrected chi connectivity index (χ2v) is 7.24. The molecule has 1 aliphatic heterocycles. The van der Waals surface area contributed by atoms with Crippen molar-refractivity contribution in [2.24, 2.45) is 10.4 Å². The van der Waals surface area contributed by atoms with Gasteiger partial charge < -0.3 is 25.4 Å². The zero-order valence-electron chi connectivity index (χ0n) is 16.8. The van der Waals surface area contributed by atoms with Crippen LogP contribution in [-0.4, -0.2) is 69.5 Å². The molecule has 0 bridgehead atoms. The number of benzene rings is 1. The number of ether oxygens (including phenoxy) is 1. The lowest BCUT2D eigenvalue weighted by Crippen LogP contribution is -2.42. The molecule has 1 aromatic carbocycles. The van der Waals surface area contributed by atoms with Crippen molar-refractivity contribution < 1.29 is 9.84 Å². The summed E-state index contributed by atoms with van der Waals surface area (Å²) in [6.07, 6.45) is 1.70. The van der Waals surface area contributed by atoms with Crippen LogP contribution in [-0.2, 0) is 4.74 Å². The van der Waals surface area contributed by atoms with Crippen LogP contribution in [0.3, 0.4) is 0 Å². The minimum absolute atomic E-state index is 0. The van der Waals surface area contributed by atoms with Crippen molar-refractivity contribution in [2.45, 2.75) is 25.8 Å². The minimum atomic E-state index is -0.0303. The Morgan fingerprint density at radius 3 is 2.59 bits per heavy atom. The summed E-state index contributed by atoms with van der Waals surface area (Å²) in [4.78, 5) is 7.01. The van der Waals surface area contributed by atoms with E-state index in [1.54, 1.807) is 0 Å². The first-order valence-electron chi connectivity index (χ1n) is 9.52. The molecule has 1 fully saturated rings. The smallest absolute Gasteiger partial charge is 0.191 e. The Labute approximate surface area is 180 Å². The Morgan fingerprint density at radius 1 is 1.30 bits per heavy atom. The Kier molecular flexibility index (Phi) is 11.2. The topological polar surface area (TPSA) is 69.1 Å². The van der Waals surface area contributed by atoms with Gasteiger partial charge in [0, 0.05) is 31.7 Å². The number of hydrogen-bond acceptors (Lipinski definition) is 4. The molecule has 3 N–H and O–H groups in total. The maximum atomic E-state index is 9.38. The van der Waals surface area contributed by atoms with Gasteiger partial charge in [-0.25, -0.2) is 0 Å². The molecule has 2 atom stereocenters. The molecule has 1 aromatic rings. The zero-order chi connectivity index (χ0) is 18.8. The summed E-state index contributed by atoms with van der Waals surface area (Å²) < 4.78 is 5.56. The fraction of sp³-hybridized carbons (Fsp3) is 0.650. The van der Waals surface area contributed by atoms with E-state index in [0.29, 0.717) is 13.2 Å². The average Bonchev–Trinajstić information content (AvgIpc) is 3.09. The van der Waals surface area contributed by atoms with Crippen LogP contribution in [0.1, 0.15) is 31.4 Å². The lowest BCUT2D eigenvalue weighted by Gasteiger charge is -2.27. The third kappa shape index (κ3) is 7.56. The molecule has 154 valence electrons. The number of rotatable bonds is 9. The molecule has 27 heavy (non-hydrogen) atoms.